The summed E-state index contributed by atoms with van der Waals surface area (Å²) in [6.07, 6.45) is 0.488. The van der Waals surface area contributed by atoms with Crippen molar-refractivity contribution < 1.29 is 9.18 Å². The lowest BCUT2D eigenvalue weighted by Crippen LogP contribution is -2.11. The number of aryl methyl sites for hydroxylation is 2. The van der Waals surface area contributed by atoms with E-state index < -0.39 is 0 Å². The molecule has 0 heterocycles. The number of ketones is 1. The average Bonchev–Trinajstić information content (AvgIpc) is 2.13. The van der Waals surface area contributed by atoms with Gasteiger partial charge in [-0.05, 0) is 49.9 Å². The number of carbonyl (C=O) groups excluding carboxylic acids is 1. The van der Waals surface area contributed by atoms with Crippen LogP contribution in [0.25, 0.3) is 0 Å². The van der Waals surface area contributed by atoms with Crippen molar-refractivity contribution in [2.75, 3.05) is 0 Å². The Morgan fingerprint density at radius 3 is 2.40 bits per heavy atom. The summed E-state index contributed by atoms with van der Waals surface area (Å²) in [7, 11) is 0. The number of benzene rings is 1. The van der Waals surface area contributed by atoms with Gasteiger partial charge >= 0.3 is 0 Å². The summed E-state index contributed by atoms with van der Waals surface area (Å²) in [6.45, 7) is 7.22. The van der Waals surface area contributed by atoms with E-state index in [1.165, 1.54) is 6.07 Å². The van der Waals surface area contributed by atoms with Gasteiger partial charge in [-0.15, -0.1) is 0 Å². The van der Waals surface area contributed by atoms with Gasteiger partial charge < -0.3 is 0 Å². The summed E-state index contributed by atoms with van der Waals surface area (Å²) >= 11 is 0. The third-order valence-electron chi connectivity index (χ3n) is 2.88. The maximum atomic E-state index is 13.5. The van der Waals surface area contributed by atoms with Crippen molar-refractivity contribution in [1.29, 1.82) is 0 Å². The van der Waals surface area contributed by atoms with E-state index in [2.05, 4.69) is 0 Å². The van der Waals surface area contributed by atoms with Crippen LogP contribution >= 0.6 is 0 Å². The molecule has 1 atom stereocenters. The fourth-order valence-electron chi connectivity index (χ4n) is 1.47. The van der Waals surface area contributed by atoms with E-state index in [9.17, 15) is 9.18 Å². The monoisotopic (exact) mass is 208 g/mol. The molecule has 0 radical (unpaired) electrons. The molecular weight excluding hydrogens is 191 g/mol. The lowest BCUT2D eigenvalue weighted by molar-refractivity contribution is -0.120. The van der Waals surface area contributed by atoms with E-state index in [-0.39, 0.29) is 17.5 Å². The lowest BCUT2D eigenvalue weighted by Gasteiger charge is -2.10. The minimum Gasteiger partial charge on any atom is -0.300 e. The molecule has 0 aliphatic rings. The Morgan fingerprint density at radius 2 is 1.87 bits per heavy atom. The normalized spacial score (nSPS) is 12.6. The van der Waals surface area contributed by atoms with Crippen LogP contribution in [0.5, 0.6) is 0 Å². The highest BCUT2D eigenvalue weighted by atomic mass is 19.1. The van der Waals surface area contributed by atoms with Gasteiger partial charge in [-0.25, -0.2) is 4.39 Å². The zero-order valence-electron chi connectivity index (χ0n) is 9.73. The zero-order chi connectivity index (χ0) is 11.6. The van der Waals surface area contributed by atoms with Gasteiger partial charge in [-0.3, -0.25) is 4.79 Å². The van der Waals surface area contributed by atoms with E-state index in [0.717, 1.165) is 11.1 Å². The summed E-state index contributed by atoms with van der Waals surface area (Å²) in [4.78, 5) is 11.1. The van der Waals surface area contributed by atoms with Crippen molar-refractivity contribution in [1.82, 2.24) is 0 Å². The van der Waals surface area contributed by atoms with E-state index >= 15 is 0 Å². The molecule has 0 aromatic heterocycles. The molecule has 1 rings (SSSR count). The van der Waals surface area contributed by atoms with Crippen molar-refractivity contribution in [3.63, 3.8) is 0 Å². The Morgan fingerprint density at radius 1 is 1.33 bits per heavy atom. The van der Waals surface area contributed by atoms with Crippen LogP contribution in [0.1, 0.15) is 30.5 Å². The molecule has 0 N–H and O–H groups in total. The van der Waals surface area contributed by atoms with Gasteiger partial charge in [-0.2, -0.15) is 0 Å². The lowest BCUT2D eigenvalue weighted by atomic mass is 9.95. The molecule has 15 heavy (non-hydrogen) atoms. The van der Waals surface area contributed by atoms with Gasteiger partial charge in [0, 0.05) is 5.92 Å². The van der Waals surface area contributed by atoms with Gasteiger partial charge in [0.1, 0.15) is 11.6 Å². The predicted molar refractivity (Wildman–Crippen MR) is 59.4 cm³/mol. The van der Waals surface area contributed by atoms with Crippen LogP contribution in [-0.2, 0) is 11.2 Å². The van der Waals surface area contributed by atoms with Crippen molar-refractivity contribution in [2.45, 2.75) is 34.1 Å². The van der Waals surface area contributed by atoms with Crippen LogP contribution < -0.4 is 0 Å². The smallest absolute Gasteiger partial charge is 0.132 e. The quantitative estimate of drug-likeness (QED) is 0.745. The van der Waals surface area contributed by atoms with Gasteiger partial charge in [-0.1, -0.05) is 13.0 Å². The van der Waals surface area contributed by atoms with Crippen LogP contribution in [0.2, 0.25) is 0 Å². The van der Waals surface area contributed by atoms with Gasteiger partial charge in [0.2, 0.25) is 0 Å². The first-order valence-electron chi connectivity index (χ1n) is 5.18. The first-order valence-corrected chi connectivity index (χ1v) is 5.18. The molecule has 0 spiro atoms. The second-order valence-electron chi connectivity index (χ2n) is 4.24. The van der Waals surface area contributed by atoms with Crippen molar-refractivity contribution in [3.8, 4) is 0 Å². The summed E-state index contributed by atoms with van der Waals surface area (Å²) in [6, 6.07) is 3.38. The van der Waals surface area contributed by atoms with Crippen LogP contribution in [0.15, 0.2) is 12.1 Å². The van der Waals surface area contributed by atoms with Crippen molar-refractivity contribution in [2.24, 2.45) is 5.92 Å². The maximum absolute atomic E-state index is 13.5. The fourth-order valence-corrected chi connectivity index (χ4v) is 1.47. The molecule has 0 bridgehead atoms. The molecule has 82 valence electrons. The number of carbonyl (C=O) groups is 1. The van der Waals surface area contributed by atoms with Crippen molar-refractivity contribution in [3.05, 3.63) is 34.6 Å². The van der Waals surface area contributed by atoms with E-state index in [1.807, 2.05) is 26.8 Å². The van der Waals surface area contributed by atoms with E-state index in [4.69, 9.17) is 0 Å². The van der Waals surface area contributed by atoms with Crippen molar-refractivity contribution >= 4 is 5.78 Å². The van der Waals surface area contributed by atoms with Gasteiger partial charge in [0.15, 0.2) is 0 Å². The fraction of sp³-hybridized carbons (Fsp3) is 0.462. The first-order chi connectivity index (χ1) is 6.91. The molecule has 0 fully saturated rings. The van der Waals surface area contributed by atoms with Crippen LogP contribution in [0.4, 0.5) is 4.39 Å². The number of halogens is 1. The number of hydrogen-bond acceptors (Lipinski definition) is 1. The summed E-state index contributed by atoms with van der Waals surface area (Å²) in [5.74, 6) is -0.208. The molecule has 2 heteroatoms. The molecule has 1 nitrogen and oxygen atoms in total. The van der Waals surface area contributed by atoms with Crippen LogP contribution in [-0.4, -0.2) is 5.78 Å². The second kappa shape index (κ2) is 4.56. The predicted octanol–water partition coefficient (Wildman–Crippen LogP) is 3.21. The molecular formula is C13H17FO. The number of hydrogen-bond donors (Lipinski definition) is 0. The first kappa shape index (κ1) is 11.9. The Bertz CT molecular complexity index is 382. The Kier molecular flexibility index (Phi) is 3.61. The minimum absolute atomic E-state index is 0.104. The number of rotatable bonds is 3. The third kappa shape index (κ3) is 2.88. The van der Waals surface area contributed by atoms with Gasteiger partial charge in [0.25, 0.3) is 0 Å². The maximum Gasteiger partial charge on any atom is 0.132 e. The summed E-state index contributed by atoms with van der Waals surface area (Å²) in [5.41, 5.74) is 2.66. The third-order valence-corrected chi connectivity index (χ3v) is 2.88. The highest BCUT2D eigenvalue weighted by Crippen LogP contribution is 2.18. The molecule has 0 amide bonds. The van der Waals surface area contributed by atoms with Gasteiger partial charge in [0.05, 0.1) is 0 Å². The molecule has 0 aliphatic heterocycles. The molecule has 0 aliphatic carbocycles. The minimum atomic E-state index is -0.203. The van der Waals surface area contributed by atoms with E-state index in [0.29, 0.717) is 12.0 Å². The topological polar surface area (TPSA) is 17.1 Å². The molecule has 1 unspecified atom stereocenters. The standard InChI is InChI=1S/C13H17FO/c1-8-5-12(6-10(3)11(4)15)13(14)7-9(8)2/h5,7,10H,6H2,1-4H3. The zero-order valence-corrected chi connectivity index (χ0v) is 9.73. The Labute approximate surface area is 90.3 Å². The molecule has 0 saturated heterocycles. The van der Waals surface area contributed by atoms with Crippen LogP contribution in [0.3, 0.4) is 0 Å². The summed E-state index contributed by atoms with van der Waals surface area (Å²) < 4.78 is 13.5. The largest absolute Gasteiger partial charge is 0.300 e. The highest BCUT2D eigenvalue weighted by Gasteiger charge is 2.12. The van der Waals surface area contributed by atoms with Crippen LogP contribution in [0, 0.1) is 25.6 Å². The average molecular weight is 208 g/mol. The SMILES string of the molecule is CC(=O)C(C)Cc1cc(C)c(C)cc1F. The highest BCUT2D eigenvalue weighted by molar-refractivity contribution is 5.78. The molecule has 0 saturated carbocycles. The summed E-state index contributed by atoms with van der Waals surface area (Å²) in [5, 5.41) is 0. The molecule has 1 aromatic rings. The Balaban J connectivity index is 2.95. The number of Topliss-reactive ketones (excluding diaryl/α,β-unsaturated/α-hetero) is 1. The molecule has 1 aromatic carbocycles. The Hall–Kier alpha value is -1.18. The second-order valence-corrected chi connectivity index (χ2v) is 4.24. The van der Waals surface area contributed by atoms with E-state index in [1.54, 1.807) is 6.92 Å².